The molecule has 0 aromatic heterocycles. The second-order valence-corrected chi connectivity index (χ2v) is 18.8. The van der Waals surface area contributed by atoms with Crippen molar-refractivity contribution in [2.45, 2.75) is 173 Å². The zero-order valence-electron chi connectivity index (χ0n) is 38.9. The number of hydrogen-bond donors (Lipinski definition) is 4. The van der Waals surface area contributed by atoms with Crippen molar-refractivity contribution in [1.82, 2.24) is 20.4 Å². The number of ether oxygens (including phenoxy) is 6. The maximum atomic E-state index is 14.6. The summed E-state index contributed by atoms with van der Waals surface area (Å²) >= 11 is 0. The Labute approximate surface area is 364 Å². The quantitative estimate of drug-likeness (QED) is 0.200. The molecule has 1 aromatic carbocycles. The number of carbonyl (C=O) groups excluding carboxylic acids is 3. The Kier molecular flexibility index (Phi) is 19.0. The van der Waals surface area contributed by atoms with Crippen LogP contribution in [-0.2, 0) is 49.2 Å². The van der Waals surface area contributed by atoms with Crippen LogP contribution in [-0.4, -0.2) is 158 Å². The Balaban J connectivity index is 1.78. The first-order valence-electron chi connectivity index (χ1n) is 22.4. The minimum atomic E-state index is -1.54. The van der Waals surface area contributed by atoms with E-state index >= 15 is 0 Å². The fourth-order valence-electron chi connectivity index (χ4n) is 9.46. The summed E-state index contributed by atoms with van der Waals surface area (Å²) in [5.41, 5.74) is -1.55. The lowest BCUT2D eigenvalue weighted by molar-refractivity contribution is -0.320. The van der Waals surface area contributed by atoms with Crippen LogP contribution in [0.3, 0.4) is 0 Å². The lowest BCUT2D eigenvalue weighted by Crippen LogP contribution is -2.61. The molecular weight excluding hydrogens is 785 g/mol. The lowest BCUT2D eigenvalue weighted by atomic mass is 9.77. The number of aliphatic hydroxyl groups excluding tert-OH is 1. The monoisotopic (exact) mass is 863 g/mol. The van der Waals surface area contributed by atoms with Gasteiger partial charge >= 0.3 is 0 Å². The van der Waals surface area contributed by atoms with E-state index in [1.54, 1.807) is 39.6 Å². The Bertz CT molecular complexity index is 1540. The van der Waals surface area contributed by atoms with Gasteiger partial charge in [0, 0.05) is 71.1 Å². The summed E-state index contributed by atoms with van der Waals surface area (Å²) in [7, 11) is 7.28. The molecule has 3 aliphatic rings. The number of rotatable bonds is 14. The highest BCUT2D eigenvalue weighted by Gasteiger charge is 2.51. The smallest absolute Gasteiger partial charge is 0.225 e. The van der Waals surface area contributed by atoms with E-state index in [2.05, 4.69) is 15.5 Å². The van der Waals surface area contributed by atoms with Crippen LogP contribution in [0, 0.1) is 17.8 Å². The van der Waals surface area contributed by atoms with Crippen LogP contribution in [0.1, 0.15) is 99.5 Å². The average molecular weight is 863 g/mol. The number of amides is 3. The molecule has 0 radical (unpaired) electrons. The maximum Gasteiger partial charge on any atom is 0.225 e. The molecule has 0 bridgehead atoms. The summed E-state index contributed by atoms with van der Waals surface area (Å²) in [6, 6.07) is 9.15. The fraction of sp³-hybridized carbons (Fsp3) is 0.804. The molecule has 348 valence electrons. The van der Waals surface area contributed by atoms with E-state index < -0.39 is 72.2 Å². The van der Waals surface area contributed by atoms with Crippen LogP contribution in [0.15, 0.2) is 30.3 Å². The van der Waals surface area contributed by atoms with Crippen LogP contribution in [0.25, 0.3) is 0 Å². The van der Waals surface area contributed by atoms with Crippen LogP contribution in [0.5, 0.6) is 0 Å². The Morgan fingerprint density at radius 3 is 2.36 bits per heavy atom. The molecule has 0 spiro atoms. The molecular formula is C46H78N4O11. The zero-order valence-corrected chi connectivity index (χ0v) is 38.9. The molecule has 4 rings (SSSR count). The molecule has 1 aromatic rings. The van der Waals surface area contributed by atoms with Crippen molar-refractivity contribution >= 4 is 17.7 Å². The second-order valence-electron chi connectivity index (χ2n) is 18.8. The van der Waals surface area contributed by atoms with Gasteiger partial charge in [0.15, 0.2) is 12.6 Å². The van der Waals surface area contributed by atoms with Gasteiger partial charge in [0.05, 0.1) is 41.5 Å². The molecule has 7 unspecified atom stereocenters. The van der Waals surface area contributed by atoms with Gasteiger partial charge in [-0.3, -0.25) is 14.4 Å². The Morgan fingerprint density at radius 1 is 1.03 bits per heavy atom. The van der Waals surface area contributed by atoms with E-state index in [1.165, 1.54) is 7.11 Å². The number of benzene rings is 1. The SMILES string of the molecule is CCC(=O)NCCCO[C@H]1C(O[C@@H]2[C@@H](C)[C@H](OC3C[C@@](C)(OC)[C@@H](O)C(C)O3)C(C)C(=O)N[C@@H](Cc3ccccc3)CC(=O)N(C)C[C@H](C)CC2(C)O)OC(C)CC1N(C)C. The summed E-state index contributed by atoms with van der Waals surface area (Å²) in [6.07, 6.45) is -3.50. The van der Waals surface area contributed by atoms with Crippen LogP contribution in [0.2, 0.25) is 0 Å². The molecule has 0 aliphatic carbocycles. The van der Waals surface area contributed by atoms with Crippen molar-refractivity contribution in [3.63, 3.8) is 0 Å². The third-order valence-electron chi connectivity index (χ3n) is 13.0. The predicted octanol–water partition coefficient (Wildman–Crippen LogP) is 3.66. The van der Waals surface area contributed by atoms with Crippen molar-refractivity contribution < 1.29 is 53.0 Å². The van der Waals surface area contributed by atoms with Crippen molar-refractivity contribution in [2.24, 2.45) is 17.8 Å². The van der Waals surface area contributed by atoms with E-state index in [1.807, 2.05) is 72.1 Å². The number of methoxy groups -OCH3 is 1. The van der Waals surface area contributed by atoms with Gasteiger partial charge in [0.25, 0.3) is 0 Å². The summed E-state index contributed by atoms with van der Waals surface area (Å²) in [6.45, 7) is 16.0. The topological polar surface area (TPSA) is 178 Å². The first-order chi connectivity index (χ1) is 28.7. The molecule has 0 saturated carbocycles. The third kappa shape index (κ3) is 13.9. The highest BCUT2D eigenvalue weighted by atomic mass is 16.7. The number of aliphatic hydroxyl groups is 2. The van der Waals surface area contributed by atoms with Gasteiger partial charge in [-0.25, -0.2) is 0 Å². The fourth-order valence-corrected chi connectivity index (χ4v) is 9.46. The van der Waals surface area contributed by atoms with Gasteiger partial charge in [-0.2, -0.15) is 0 Å². The number of nitrogens with one attached hydrogen (secondary N) is 2. The number of likely N-dealkylation sites (N-methyl/N-ethyl adjacent to an activating group) is 1. The standard InChI is InChI=1S/C46H78N4O11/c1-13-36(51)47-20-17-21-57-40-35(49(9)10)22-29(3)58-44(40)61-42-30(4)39(60-38-26-46(8,56-12)41(53)32(6)59-38)31(5)43(54)48-34(23-33-18-15-14-16-19-33)24-37(52)50(11)27-28(2)25-45(42,7)55/h14-16,18-19,28-32,34-35,38-42,44,53,55H,13,17,20-27H2,1-12H3,(H,47,51)(H,48,54)/t28-,29?,30+,31?,32?,34+,35?,38?,39+,40-,41+,42-,44?,45?,46-/m1/s1. The number of nitrogens with zero attached hydrogens (tertiary/aromatic N) is 2. The summed E-state index contributed by atoms with van der Waals surface area (Å²) in [5, 5.41) is 30.0. The second kappa shape index (κ2) is 22.8. The van der Waals surface area contributed by atoms with E-state index in [9.17, 15) is 24.6 Å². The molecule has 3 saturated heterocycles. The van der Waals surface area contributed by atoms with Gasteiger partial charge in [0.2, 0.25) is 17.7 Å². The largest absolute Gasteiger partial charge is 0.387 e. The minimum Gasteiger partial charge on any atom is -0.387 e. The lowest BCUT2D eigenvalue weighted by Gasteiger charge is -2.49. The molecule has 15 nitrogen and oxygen atoms in total. The first-order valence-corrected chi connectivity index (χ1v) is 22.4. The van der Waals surface area contributed by atoms with Crippen LogP contribution >= 0.6 is 0 Å². The van der Waals surface area contributed by atoms with Crippen LogP contribution in [0.4, 0.5) is 0 Å². The maximum absolute atomic E-state index is 14.6. The highest BCUT2D eigenvalue weighted by molar-refractivity contribution is 5.81. The number of hydrogen-bond acceptors (Lipinski definition) is 12. The van der Waals surface area contributed by atoms with Gasteiger partial charge in [-0.05, 0) is 79.0 Å². The molecule has 4 N–H and O–H groups in total. The van der Waals surface area contributed by atoms with Gasteiger partial charge in [-0.15, -0.1) is 0 Å². The number of carbonyl (C=O) groups is 3. The van der Waals surface area contributed by atoms with Gasteiger partial charge < -0.3 is 59.1 Å². The summed E-state index contributed by atoms with van der Waals surface area (Å²) < 4.78 is 39.2. The molecule has 3 fully saturated rings. The Morgan fingerprint density at radius 2 is 1.72 bits per heavy atom. The van der Waals surface area contributed by atoms with Crippen LogP contribution < -0.4 is 10.6 Å². The third-order valence-corrected chi connectivity index (χ3v) is 13.0. The molecule has 3 amide bonds. The normalized spacial score (nSPS) is 38.5. The van der Waals surface area contributed by atoms with Crippen molar-refractivity contribution in [1.29, 1.82) is 0 Å². The van der Waals surface area contributed by atoms with E-state index in [0.717, 1.165) is 5.56 Å². The van der Waals surface area contributed by atoms with E-state index in [0.29, 0.717) is 45.4 Å². The average Bonchev–Trinajstić information content (AvgIpc) is 3.20. The molecule has 15 heteroatoms. The van der Waals surface area contributed by atoms with Crippen molar-refractivity contribution in [2.75, 3.05) is 47.9 Å². The van der Waals surface area contributed by atoms with Gasteiger partial charge in [-0.1, -0.05) is 58.0 Å². The van der Waals surface area contributed by atoms with Crippen molar-refractivity contribution in [3.8, 4) is 0 Å². The summed E-state index contributed by atoms with van der Waals surface area (Å²) in [5.74, 6) is -2.15. The predicted molar refractivity (Wildman–Crippen MR) is 231 cm³/mol. The molecule has 3 aliphatic heterocycles. The summed E-state index contributed by atoms with van der Waals surface area (Å²) in [4.78, 5) is 44.1. The van der Waals surface area contributed by atoms with Crippen molar-refractivity contribution in [3.05, 3.63) is 35.9 Å². The minimum absolute atomic E-state index is 0.0282. The Hall–Kier alpha value is -2.73. The zero-order chi connectivity index (χ0) is 45.2. The van der Waals surface area contributed by atoms with Gasteiger partial charge in [0.1, 0.15) is 12.2 Å². The first kappa shape index (κ1) is 50.9. The highest BCUT2D eigenvalue weighted by Crippen LogP contribution is 2.40. The van der Waals surface area contributed by atoms with E-state index in [-0.39, 0.29) is 55.0 Å². The molecule has 3 heterocycles. The molecule has 61 heavy (non-hydrogen) atoms. The molecule has 15 atom stereocenters. The van der Waals surface area contributed by atoms with E-state index in [4.69, 9.17) is 28.4 Å².